The number of carbonyl (C=O) groups is 3. The van der Waals surface area contributed by atoms with Crippen molar-refractivity contribution >= 4 is 49.6 Å². The number of hydrogen-bond donors (Lipinski definition) is 3. The van der Waals surface area contributed by atoms with Gasteiger partial charge in [-0.3, -0.25) is 14.4 Å². The van der Waals surface area contributed by atoms with Crippen LogP contribution in [0.25, 0.3) is 0 Å². The van der Waals surface area contributed by atoms with Crippen LogP contribution < -0.4 is 0 Å². The average molecular weight is 803 g/mol. The minimum atomic E-state index is -1.94. The highest BCUT2D eigenvalue weighted by molar-refractivity contribution is 9.09. The molecule has 272 valence electrons. The first kappa shape index (κ1) is 39.7. The van der Waals surface area contributed by atoms with Gasteiger partial charge in [-0.05, 0) is 43.8 Å². The number of ketones is 1. The zero-order valence-corrected chi connectivity index (χ0v) is 32.6. The van der Waals surface area contributed by atoms with E-state index in [4.69, 9.17) is 9.47 Å². The Morgan fingerprint density at radius 2 is 1.38 bits per heavy atom. The zero-order valence-electron chi connectivity index (χ0n) is 29.4. The quantitative estimate of drug-likeness (QED) is 0.0538. The molecule has 0 spiro atoms. The van der Waals surface area contributed by atoms with E-state index in [9.17, 15) is 29.7 Å². The number of ether oxygens (including phenoxy) is 2. The van der Waals surface area contributed by atoms with Crippen LogP contribution in [-0.4, -0.2) is 73.2 Å². The van der Waals surface area contributed by atoms with Crippen molar-refractivity contribution in [2.24, 2.45) is 29.1 Å². The lowest BCUT2D eigenvalue weighted by Crippen LogP contribution is -2.66. The molecule has 2 fully saturated rings. The van der Waals surface area contributed by atoms with Crippen molar-refractivity contribution in [3.8, 4) is 0 Å². The highest BCUT2D eigenvalue weighted by Gasteiger charge is 2.87. The van der Waals surface area contributed by atoms with Crippen LogP contribution in [0.5, 0.6) is 0 Å². The smallest absolute Gasteiger partial charge is 0.306 e. The molecule has 0 aliphatic heterocycles. The molecule has 0 saturated heterocycles. The van der Waals surface area contributed by atoms with Crippen LogP contribution >= 0.6 is 31.9 Å². The molecule has 0 radical (unpaired) electrons. The second-order valence-electron chi connectivity index (χ2n) is 15.4. The maximum absolute atomic E-state index is 13.6. The summed E-state index contributed by atoms with van der Waals surface area (Å²) in [5.74, 6) is -4.17. The third kappa shape index (κ3) is 7.44. The molecule has 2 saturated carbocycles. The van der Waals surface area contributed by atoms with Crippen molar-refractivity contribution in [2.75, 3.05) is 17.3 Å². The standard InChI is InChI=1S/C38H58Br2O8/c1-25-21-29-36(45,33(25)44)23-27(24-41)22-28-32-35(3,4)38(32,48-31(43)18-14-10-6-8-12-16-20-40)34(26(2)37(28,29)46)47-30(42)17-13-9-5-7-11-15-19-39/h21-22,26,28-29,32,34,41,45-46H,5-20,23-24H2,1-4H3/t26-,28+,29-,32-,34-,36-,37-,38-/m1/s1. The van der Waals surface area contributed by atoms with E-state index in [0.717, 1.165) is 74.9 Å². The lowest BCUT2D eigenvalue weighted by Gasteiger charge is -2.53. The summed E-state index contributed by atoms with van der Waals surface area (Å²) in [6, 6.07) is 0. The third-order valence-electron chi connectivity index (χ3n) is 12.0. The monoisotopic (exact) mass is 800 g/mol. The normalized spacial score (nSPS) is 34.7. The Kier molecular flexibility index (Phi) is 13.7. The van der Waals surface area contributed by atoms with Gasteiger partial charge in [0.15, 0.2) is 11.4 Å². The number of Topliss-reactive ketones (excluding diaryl/α,β-unsaturated/α-hetero) is 1. The summed E-state index contributed by atoms with van der Waals surface area (Å²) < 4.78 is 12.8. The number of fused-ring (bicyclic) bond motifs is 5. The average Bonchev–Trinajstić information content (AvgIpc) is 3.47. The van der Waals surface area contributed by atoms with Gasteiger partial charge in [-0.25, -0.2) is 0 Å². The molecule has 0 unspecified atom stereocenters. The summed E-state index contributed by atoms with van der Waals surface area (Å²) in [5, 5.41) is 37.2. The predicted molar refractivity (Wildman–Crippen MR) is 193 cm³/mol. The van der Waals surface area contributed by atoms with Gasteiger partial charge in [0.2, 0.25) is 0 Å². The molecule has 8 atom stereocenters. The molecule has 10 heteroatoms. The van der Waals surface area contributed by atoms with E-state index >= 15 is 0 Å². The van der Waals surface area contributed by atoms with Crippen LogP contribution in [0, 0.1) is 29.1 Å². The van der Waals surface area contributed by atoms with Gasteiger partial charge in [0.25, 0.3) is 0 Å². The fourth-order valence-electron chi connectivity index (χ4n) is 9.41. The third-order valence-corrected chi connectivity index (χ3v) is 13.1. The maximum atomic E-state index is 13.6. The van der Waals surface area contributed by atoms with Gasteiger partial charge in [0.05, 0.1) is 12.2 Å². The molecule has 0 bridgehead atoms. The first-order valence-electron chi connectivity index (χ1n) is 18.3. The zero-order chi connectivity index (χ0) is 35.3. The number of halogens is 2. The summed E-state index contributed by atoms with van der Waals surface area (Å²) >= 11 is 6.93. The van der Waals surface area contributed by atoms with E-state index in [-0.39, 0.29) is 31.8 Å². The molecule has 4 aliphatic rings. The number of alkyl halides is 2. The second kappa shape index (κ2) is 16.5. The molecule has 0 aromatic rings. The van der Waals surface area contributed by atoms with Gasteiger partial charge in [0, 0.05) is 59.0 Å². The fraction of sp³-hybridized carbons (Fsp3) is 0.816. The van der Waals surface area contributed by atoms with Crippen LogP contribution in [0.1, 0.15) is 124 Å². The van der Waals surface area contributed by atoms with Crippen molar-refractivity contribution in [1.82, 2.24) is 0 Å². The predicted octanol–water partition coefficient (Wildman–Crippen LogP) is 7.28. The van der Waals surface area contributed by atoms with E-state index in [1.165, 1.54) is 0 Å². The Morgan fingerprint density at radius 3 is 1.92 bits per heavy atom. The van der Waals surface area contributed by atoms with Crippen molar-refractivity contribution < 1.29 is 39.2 Å². The van der Waals surface area contributed by atoms with Crippen molar-refractivity contribution in [3.05, 3.63) is 23.3 Å². The Balaban J connectivity index is 1.62. The fourth-order valence-corrected chi connectivity index (χ4v) is 10.2. The molecular weight excluding hydrogens is 744 g/mol. The van der Waals surface area contributed by atoms with Crippen LogP contribution in [-0.2, 0) is 23.9 Å². The first-order valence-corrected chi connectivity index (χ1v) is 20.5. The summed E-state index contributed by atoms with van der Waals surface area (Å²) in [7, 11) is 0. The topological polar surface area (TPSA) is 130 Å². The van der Waals surface area contributed by atoms with Crippen molar-refractivity contribution in [3.63, 3.8) is 0 Å². The highest BCUT2D eigenvalue weighted by atomic mass is 79.9. The van der Waals surface area contributed by atoms with E-state index in [1.807, 2.05) is 13.8 Å². The van der Waals surface area contributed by atoms with E-state index in [2.05, 4.69) is 31.9 Å². The number of hydrogen-bond acceptors (Lipinski definition) is 8. The van der Waals surface area contributed by atoms with Gasteiger partial charge in [-0.15, -0.1) is 0 Å². The number of aliphatic hydroxyl groups excluding tert-OH is 1. The molecule has 8 nitrogen and oxygen atoms in total. The minimum Gasteiger partial charge on any atom is -0.458 e. The summed E-state index contributed by atoms with van der Waals surface area (Å²) in [4.78, 5) is 40.5. The number of aliphatic hydroxyl groups is 3. The first-order chi connectivity index (χ1) is 22.8. The maximum Gasteiger partial charge on any atom is 0.306 e. The number of unbranched alkanes of at least 4 members (excludes halogenated alkanes) is 10. The molecule has 0 heterocycles. The van der Waals surface area contributed by atoms with E-state index < -0.39 is 63.7 Å². The van der Waals surface area contributed by atoms with E-state index in [1.54, 1.807) is 26.0 Å². The lowest BCUT2D eigenvalue weighted by molar-refractivity contribution is -0.229. The molecular formula is C38H58Br2O8. The molecule has 4 rings (SSSR count). The van der Waals surface area contributed by atoms with E-state index in [0.29, 0.717) is 24.0 Å². The van der Waals surface area contributed by atoms with Gasteiger partial charge in [-0.1, -0.05) is 116 Å². The lowest BCUT2D eigenvalue weighted by atomic mass is 9.59. The molecule has 3 N–H and O–H groups in total. The second-order valence-corrected chi connectivity index (χ2v) is 17.0. The molecule has 0 aromatic carbocycles. The Morgan fingerprint density at radius 1 is 0.854 bits per heavy atom. The van der Waals surface area contributed by atoms with Gasteiger partial charge in [-0.2, -0.15) is 0 Å². The Bertz CT molecular complexity index is 1230. The summed E-state index contributed by atoms with van der Waals surface area (Å²) in [5.41, 5.74) is -4.75. The Hall–Kier alpha value is -1.07. The molecule has 0 aromatic heterocycles. The molecule has 4 aliphatic carbocycles. The minimum absolute atomic E-state index is 0.109. The molecule has 0 amide bonds. The number of rotatable bonds is 19. The van der Waals surface area contributed by atoms with Crippen LogP contribution in [0.3, 0.4) is 0 Å². The summed E-state index contributed by atoms with van der Waals surface area (Å²) in [6.45, 7) is 6.99. The Labute approximate surface area is 304 Å². The SMILES string of the molecule is CC1=C[C@H]2[C@@]3(O)[C@H](C)[C@@H](OC(=O)CCCCCCCCBr)[C@]4(OC(=O)CCCCCCCCBr)[C@H]([C@@H]3C=C(CO)C[C@]2(O)C1=O)C4(C)C. The van der Waals surface area contributed by atoms with Gasteiger partial charge < -0.3 is 24.8 Å². The summed E-state index contributed by atoms with van der Waals surface area (Å²) in [6.07, 6.45) is 14.9. The van der Waals surface area contributed by atoms with Crippen molar-refractivity contribution in [2.45, 2.75) is 147 Å². The van der Waals surface area contributed by atoms with Gasteiger partial charge in [0.1, 0.15) is 11.7 Å². The number of carbonyl (C=O) groups excluding carboxylic acids is 3. The van der Waals surface area contributed by atoms with Crippen LogP contribution in [0.4, 0.5) is 0 Å². The van der Waals surface area contributed by atoms with Crippen molar-refractivity contribution in [1.29, 1.82) is 0 Å². The highest BCUT2D eigenvalue weighted by Crippen LogP contribution is 2.77. The van der Waals surface area contributed by atoms with Crippen LogP contribution in [0.2, 0.25) is 0 Å². The van der Waals surface area contributed by atoms with Crippen LogP contribution in [0.15, 0.2) is 23.3 Å². The number of esters is 2. The van der Waals surface area contributed by atoms with Gasteiger partial charge >= 0.3 is 11.9 Å². The largest absolute Gasteiger partial charge is 0.458 e. The molecule has 48 heavy (non-hydrogen) atoms.